The average molecular weight is 347 g/mol. The number of nitrogens with one attached hydrogen (secondary N) is 1. The molecule has 0 bridgehead atoms. The molecule has 0 radical (unpaired) electrons. The van der Waals surface area contributed by atoms with Gasteiger partial charge in [-0.1, -0.05) is 42.0 Å². The van der Waals surface area contributed by atoms with Gasteiger partial charge in [-0.15, -0.1) is 0 Å². The van der Waals surface area contributed by atoms with Crippen molar-refractivity contribution in [2.75, 3.05) is 18.5 Å². The Bertz CT molecular complexity index is 864. The normalized spacial score (nSPS) is 11.4. The van der Waals surface area contributed by atoms with E-state index < -0.39 is 0 Å². The zero-order valence-corrected chi connectivity index (χ0v) is 15.6. The number of benzene rings is 2. The van der Waals surface area contributed by atoms with E-state index in [9.17, 15) is 0 Å². The fourth-order valence-corrected chi connectivity index (χ4v) is 2.83. The Morgan fingerprint density at radius 1 is 1.12 bits per heavy atom. The second kappa shape index (κ2) is 8.39. The van der Waals surface area contributed by atoms with Crippen LogP contribution >= 0.6 is 0 Å². The van der Waals surface area contributed by atoms with E-state index in [0.29, 0.717) is 6.61 Å². The zero-order chi connectivity index (χ0) is 18.4. The van der Waals surface area contributed by atoms with E-state index in [4.69, 9.17) is 4.74 Å². The van der Waals surface area contributed by atoms with Gasteiger partial charge in [0.2, 0.25) is 5.95 Å². The van der Waals surface area contributed by atoms with Crippen LogP contribution in [0.3, 0.4) is 0 Å². The lowest BCUT2D eigenvalue weighted by molar-refractivity contribution is 0.340. The molecule has 1 heterocycles. The summed E-state index contributed by atoms with van der Waals surface area (Å²) < 4.78 is 7.58. The van der Waals surface area contributed by atoms with Crippen molar-refractivity contribution >= 4 is 12.0 Å². The standard InChI is InChI=1S/C22H25N3O/c1-4-26-20-12-10-19(11-13-20)21-16-24-22(25(21)3)23-15-17(2)14-18-8-6-5-7-9-18/h5-14,16H,4,15H2,1-3H3,(H,23,24). The molecule has 0 atom stereocenters. The Labute approximate surface area is 155 Å². The lowest BCUT2D eigenvalue weighted by Gasteiger charge is -2.09. The smallest absolute Gasteiger partial charge is 0.203 e. The van der Waals surface area contributed by atoms with E-state index in [1.165, 1.54) is 11.1 Å². The van der Waals surface area contributed by atoms with Crippen LogP contribution in [0, 0.1) is 0 Å². The van der Waals surface area contributed by atoms with Crippen LogP contribution in [0.2, 0.25) is 0 Å². The first-order valence-electron chi connectivity index (χ1n) is 8.88. The molecule has 1 aromatic heterocycles. The summed E-state index contributed by atoms with van der Waals surface area (Å²) >= 11 is 0. The molecule has 0 unspecified atom stereocenters. The van der Waals surface area contributed by atoms with Gasteiger partial charge in [0.15, 0.2) is 0 Å². The Hall–Kier alpha value is -3.01. The third-order valence-electron chi connectivity index (χ3n) is 4.19. The van der Waals surface area contributed by atoms with E-state index in [-0.39, 0.29) is 0 Å². The van der Waals surface area contributed by atoms with E-state index in [2.05, 4.69) is 52.1 Å². The van der Waals surface area contributed by atoms with Crippen molar-refractivity contribution in [3.05, 3.63) is 71.9 Å². The van der Waals surface area contributed by atoms with Gasteiger partial charge in [0.25, 0.3) is 0 Å². The van der Waals surface area contributed by atoms with Crippen molar-refractivity contribution in [3.8, 4) is 17.0 Å². The fraction of sp³-hybridized carbons (Fsp3) is 0.227. The van der Waals surface area contributed by atoms with E-state index in [0.717, 1.165) is 29.5 Å². The van der Waals surface area contributed by atoms with Gasteiger partial charge in [-0.25, -0.2) is 4.98 Å². The van der Waals surface area contributed by atoms with Gasteiger partial charge in [0.1, 0.15) is 5.75 Å². The van der Waals surface area contributed by atoms with Gasteiger partial charge in [-0.3, -0.25) is 0 Å². The SMILES string of the molecule is CCOc1ccc(-c2cnc(NCC(C)=Cc3ccccc3)n2C)cc1. The summed E-state index contributed by atoms with van der Waals surface area (Å²) in [5.41, 5.74) is 4.65. The molecule has 0 fully saturated rings. The lowest BCUT2D eigenvalue weighted by Crippen LogP contribution is -2.08. The molecule has 134 valence electrons. The van der Waals surface area contributed by atoms with Crippen molar-refractivity contribution in [1.82, 2.24) is 9.55 Å². The largest absolute Gasteiger partial charge is 0.494 e. The molecule has 3 aromatic rings. The van der Waals surface area contributed by atoms with Crippen molar-refractivity contribution in [3.63, 3.8) is 0 Å². The second-order valence-electron chi connectivity index (χ2n) is 6.24. The highest BCUT2D eigenvalue weighted by molar-refractivity contribution is 5.62. The van der Waals surface area contributed by atoms with E-state index in [1.54, 1.807) is 0 Å². The van der Waals surface area contributed by atoms with Crippen LogP contribution in [-0.4, -0.2) is 22.7 Å². The maximum absolute atomic E-state index is 5.50. The average Bonchev–Trinajstić information content (AvgIpc) is 3.02. The molecule has 3 rings (SSSR count). The van der Waals surface area contributed by atoms with Gasteiger partial charge < -0.3 is 14.6 Å². The third-order valence-corrected chi connectivity index (χ3v) is 4.19. The summed E-state index contributed by atoms with van der Waals surface area (Å²) in [7, 11) is 2.03. The quantitative estimate of drug-likeness (QED) is 0.653. The monoisotopic (exact) mass is 347 g/mol. The van der Waals surface area contributed by atoms with Crippen molar-refractivity contribution in [2.45, 2.75) is 13.8 Å². The number of hydrogen-bond acceptors (Lipinski definition) is 3. The van der Waals surface area contributed by atoms with Gasteiger partial charge in [-0.05, 0) is 43.7 Å². The highest BCUT2D eigenvalue weighted by Gasteiger charge is 2.08. The minimum absolute atomic E-state index is 0.676. The molecule has 4 nitrogen and oxygen atoms in total. The summed E-state index contributed by atoms with van der Waals surface area (Å²) in [4.78, 5) is 4.52. The summed E-state index contributed by atoms with van der Waals surface area (Å²) in [5, 5.41) is 3.41. The number of aromatic nitrogens is 2. The van der Waals surface area contributed by atoms with Crippen LogP contribution in [0.5, 0.6) is 5.75 Å². The lowest BCUT2D eigenvalue weighted by atomic mass is 10.1. The molecule has 0 aliphatic carbocycles. The molecule has 0 amide bonds. The summed E-state index contributed by atoms with van der Waals surface area (Å²) in [6, 6.07) is 18.4. The molecule has 2 aromatic carbocycles. The Balaban J connectivity index is 1.68. The molecule has 1 N–H and O–H groups in total. The highest BCUT2D eigenvalue weighted by atomic mass is 16.5. The molecule has 0 saturated carbocycles. The number of hydrogen-bond donors (Lipinski definition) is 1. The van der Waals surface area contributed by atoms with Gasteiger partial charge >= 0.3 is 0 Å². The summed E-state index contributed by atoms with van der Waals surface area (Å²) in [5.74, 6) is 1.74. The Morgan fingerprint density at radius 2 is 1.85 bits per heavy atom. The molecule has 0 spiro atoms. The number of rotatable bonds is 7. The molecule has 26 heavy (non-hydrogen) atoms. The molecule has 4 heteroatoms. The van der Waals surface area contributed by atoms with Gasteiger partial charge in [0, 0.05) is 19.2 Å². The fourth-order valence-electron chi connectivity index (χ4n) is 2.83. The topological polar surface area (TPSA) is 39.1 Å². The Kier molecular flexibility index (Phi) is 5.74. The first-order chi connectivity index (χ1) is 12.7. The summed E-state index contributed by atoms with van der Waals surface area (Å²) in [6.07, 6.45) is 4.08. The van der Waals surface area contributed by atoms with Crippen LogP contribution in [0.15, 0.2) is 66.4 Å². The first kappa shape index (κ1) is 17.8. The predicted molar refractivity (Wildman–Crippen MR) is 108 cm³/mol. The van der Waals surface area contributed by atoms with E-state index >= 15 is 0 Å². The molecular weight excluding hydrogens is 322 g/mol. The van der Waals surface area contributed by atoms with Crippen molar-refractivity contribution in [2.24, 2.45) is 7.05 Å². The predicted octanol–water partition coefficient (Wildman–Crippen LogP) is 5.00. The minimum Gasteiger partial charge on any atom is -0.494 e. The van der Waals surface area contributed by atoms with Crippen molar-refractivity contribution in [1.29, 1.82) is 0 Å². The second-order valence-corrected chi connectivity index (χ2v) is 6.24. The van der Waals surface area contributed by atoms with E-state index in [1.807, 2.05) is 50.5 Å². The number of nitrogens with zero attached hydrogens (tertiary/aromatic N) is 2. The number of ether oxygens (including phenoxy) is 1. The van der Waals surface area contributed by atoms with Gasteiger partial charge in [0.05, 0.1) is 18.5 Å². The van der Waals surface area contributed by atoms with Crippen LogP contribution in [0.4, 0.5) is 5.95 Å². The summed E-state index contributed by atoms with van der Waals surface area (Å²) in [6.45, 7) is 5.54. The van der Waals surface area contributed by atoms with Crippen LogP contribution in [-0.2, 0) is 7.05 Å². The number of imidazole rings is 1. The molecule has 0 saturated heterocycles. The van der Waals surface area contributed by atoms with Crippen LogP contribution in [0.1, 0.15) is 19.4 Å². The maximum Gasteiger partial charge on any atom is 0.203 e. The highest BCUT2D eigenvalue weighted by Crippen LogP contribution is 2.24. The van der Waals surface area contributed by atoms with Crippen molar-refractivity contribution < 1.29 is 4.74 Å². The first-order valence-corrected chi connectivity index (χ1v) is 8.88. The third kappa shape index (κ3) is 4.33. The van der Waals surface area contributed by atoms with Crippen LogP contribution < -0.4 is 10.1 Å². The van der Waals surface area contributed by atoms with Crippen LogP contribution in [0.25, 0.3) is 17.3 Å². The minimum atomic E-state index is 0.676. The molecule has 0 aliphatic heterocycles. The number of anilines is 1. The molecular formula is C22H25N3O. The molecule has 0 aliphatic rings. The zero-order valence-electron chi connectivity index (χ0n) is 15.6. The maximum atomic E-state index is 5.50. The van der Waals surface area contributed by atoms with Gasteiger partial charge in [-0.2, -0.15) is 0 Å². The Morgan fingerprint density at radius 3 is 2.54 bits per heavy atom.